The SMILES string of the molecule is O=C(COC(=O)c1ccccc1N1CCCC1=O)NCc1ccccc1. The number of carbonyl (C=O) groups excluding carboxylic acids is 3. The van der Waals surface area contributed by atoms with Crippen molar-refractivity contribution in [3.63, 3.8) is 0 Å². The second kappa shape index (κ2) is 8.29. The van der Waals surface area contributed by atoms with E-state index in [0.29, 0.717) is 30.8 Å². The molecule has 0 radical (unpaired) electrons. The van der Waals surface area contributed by atoms with Crippen molar-refractivity contribution < 1.29 is 19.1 Å². The second-order valence-corrected chi connectivity index (χ2v) is 6.00. The molecule has 1 aliphatic rings. The van der Waals surface area contributed by atoms with Crippen molar-refractivity contribution in [2.75, 3.05) is 18.1 Å². The summed E-state index contributed by atoms with van der Waals surface area (Å²) in [5.41, 5.74) is 1.79. The summed E-state index contributed by atoms with van der Waals surface area (Å²) in [6.07, 6.45) is 1.25. The van der Waals surface area contributed by atoms with Crippen molar-refractivity contribution in [2.45, 2.75) is 19.4 Å². The van der Waals surface area contributed by atoms with Crippen molar-refractivity contribution in [2.24, 2.45) is 0 Å². The second-order valence-electron chi connectivity index (χ2n) is 6.00. The number of nitrogens with zero attached hydrogens (tertiary/aromatic N) is 1. The van der Waals surface area contributed by atoms with Crippen LogP contribution in [0, 0.1) is 0 Å². The Hall–Kier alpha value is -3.15. The average molecular weight is 352 g/mol. The molecule has 0 saturated carbocycles. The number of anilines is 1. The summed E-state index contributed by atoms with van der Waals surface area (Å²) in [6, 6.07) is 16.3. The van der Waals surface area contributed by atoms with E-state index >= 15 is 0 Å². The number of carbonyl (C=O) groups is 3. The lowest BCUT2D eigenvalue weighted by Gasteiger charge is -2.18. The lowest BCUT2D eigenvalue weighted by molar-refractivity contribution is -0.124. The summed E-state index contributed by atoms with van der Waals surface area (Å²) >= 11 is 0. The van der Waals surface area contributed by atoms with Crippen molar-refractivity contribution in [3.05, 3.63) is 65.7 Å². The molecule has 1 heterocycles. The first-order valence-corrected chi connectivity index (χ1v) is 8.52. The molecule has 2 amide bonds. The third kappa shape index (κ3) is 4.27. The van der Waals surface area contributed by atoms with Gasteiger partial charge >= 0.3 is 5.97 Å². The third-order valence-electron chi connectivity index (χ3n) is 4.16. The molecule has 2 aromatic rings. The minimum Gasteiger partial charge on any atom is -0.452 e. The molecule has 0 spiro atoms. The van der Waals surface area contributed by atoms with Gasteiger partial charge in [0, 0.05) is 19.5 Å². The Morgan fingerprint density at radius 2 is 1.77 bits per heavy atom. The zero-order chi connectivity index (χ0) is 18.4. The van der Waals surface area contributed by atoms with Gasteiger partial charge in [0.2, 0.25) is 5.91 Å². The topological polar surface area (TPSA) is 75.7 Å². The first-order chi connectivity index (χ1) is 12.6. The number of para-hydroxylation sites is 1. The van der Waals surface area contributed by atoms with Gasteiger partial charge in [-0.05, 0) is 24.1 Å². The summed E-state index contributed by atoms with van der Waals surface area (Å²) in [4.78, 5) is 37.8. The van der Waals surface area contributed by atoms with E-state index in [1.165, 1.54) is 0 Å². The van der Waals surface area contributed by atoms with E-state index in [4.69, 9.17) is 4.74 Å². The molecule has 1 aliphatic heterocycles. The standard InChI is InChI=1S/C20H20N2O4/c23-18(21-13-15-7-2-1-3-8-15)14-26-20(25)16-9-4-5-10-17(16)22-12-6-11-19(22)24/h1-5,7-10H,6,11-14H2,(H,21,23). The molecule has 1 fully saturated rings. The number of esters is 1. The highest BCUT2D eigenvalue weighted by molar-refractivity contribution is 6.03. The molecule has 0 atom stereocenters. The summed E-state index contributed by atoms with van der Waals surface area (Å²) in [6.45, 7) is 0.588. The largest absolute Gasteiger partial charge is 0.452 e. The fourth-order valence-electron chi connectivity index (χ4n) is 2.84. The van der Waals surface area contributed by atoms with Gasteiger partial charge in [-0.25, -0.2) is 4.79 Å². The zero-order valence-corrected chi connectivity index (χ0v) is 14.3. The highest BCUT2D eigenvalue weighted by Crippen LogP contribution is 2.25. The van der Waals surface area contributed by atoms with Gasteiger partial charge < -0.3 is 15.0 Å². The number of hydrogen-bond acceptors (Lipinski definition) is 4. The molecular weight excluding hydrogens is 332 g/mol. The zero-order valence-electron chi connectivity index (χ0n) is 14.3. The number of benzene rings is 2. The van der Waals surface area contributed by atoms with Crippen LogP contribution < -0.4 is 10.2 Å². The molecule has 6 heteroatoms. The normalized spacial score (nSPS) is 13.5. The molecule has 0 aromatic heterocycles. The predicted octanol–water partition coefficient (Wildman–Crippen LogP) is 2.29. The van der Waals surface area contributed by atoms with Crippen LogP contribution in [-0.2, 0) is 20.9 Å². The molecule has 3 rings (SSSR count). The highest BCUT2D eigenvalue weighted by atomic mass is 16.5. The Kier molecular flexibility index (Phi) is 5.63. The van der Waals surface area contributed by atoms with Crippen LogP contribution in [0.1, 0.15) is 28.8 Å². The quantitative estimate of drug-likeness (QED) is 0.810. The highest BCUT2D eigenvalue weighted by Gasteiger charge is 2.26. The lowest BCUT2D eigenvalue weighted by Crippen LogP contribution is -2.29. The van der Waals surface area contributed by atoms with Crippen molar-refractivity contribution in [1.29, 1.82) is 0 Å². The van der Waals surface area contributed by atoms with Crippen LogP contribution >= 0.6 is 0 Å². The van der Waals surface area contributed by atoms with Crippen LogP contribution in [0.4, 0.5) is 5.69 Å². The van der Waals surface area contributed by atoms with Crippen LogP contribution in [0.25, 0.3) is 0 Å². The third-order valence-corrected chi connectivity index (χ3v) is 4.16. The van der Waals surface area contributed by atoms with Gasteiger partial charge in [0.1, 0.15) is 0 Å². The maximum Gasteiger partial charge on any atom is 0.340 e. The van der Waals surface area contributed by atoms with E-state index in [9.17, 15) is 14.4 Å². The fourth-order valence-corrected chi connectivity index (χ4v) is 2.84. The molecular formula is C20H20N2O4. The molecule has 1 saturated heterocycles. The Labute approximate surface area is 151 Å². The first kappa shape index (κ1) is 17.7. The fraction of sp³-hybridized carbons (Fsp3) is 0.250. The first-order valence-electron chi connectivity index (χ1n) is 8.52. The van der Waals surface area contributed by atoms with E-state index in [2.05, 4.69) is 5.32 Å². The lowest BCUT2D eigenvalue weighted by atomic mass is 10.1. The molecule has 0 unspecified atom stereocenters. The molecule has 1 N–H and O–H groups in total. The summed E-state index contributed by atoms with van der Waals surface area (Å²) < 4.78 is 5.12. The number of hydrogen-bond donors (Lipinski definition) is 1. The van der Waals surface area contributed by atoms with Gasteiger partial charge in [-0.2, -0.15) is 0 Å². The smallest absolute Gasteiger partial charge is 0.340 e. The van der Waals surface area contributed by atoms with Gasteiger partial charge in [-0.15, -0.1) is 0 Å². The summed E-state index contributed by atoms with van der Waals surface area (Å²) in [5, 5.41) is 2.70. The predicted molar refractivity (Wildman–Crippen MR) is 96.6 cm³/mol. The van der Waals surface area contributed by atoms with Crippen LogP contribution in [0.5, 0.6) is 0 Å². The van der Waals surface area contributed by atoms with E-state index in [1.807, 2.05) is 30.3 Å². The maximum absolute atomic E-state index is 12.4. The van der Waals surface area contributed by atoms with Gasteiger partial charge in [0.15, 0.2) is 6.61 Å². The van der Waals surface area contributed by atoms with Gasteiger partial charge in [0.05, 0.1) is 11.3 Å². The number of nitrogens with one attached hydrogen (secondary N) is 1. The Balaban J connectivity index is 1.57. The van der Waals surface area contributed by atoms with E-state index in [-0.39, 0.29) is 18.4 Å². The molecule has 0 bridgehead atoms. The van der Waals surface area contributed by atoms with Gasteiger partial charge in [0.25, 0.3) is 5.91 Å². The molecule has 134 valence electrons. The number of ether oxygens (including phenoxy) is 1. The average Bonchev–Trinajstić information content (AvgIpc) is 3.11. The molecule has 6 nitrogen and oxygen atoms in total. The molecule has 2 aromatic carbocycles. The molecule has 26 heavy (non-hydrogen) atoms. The van der Waals surface area contributed by atoms with E-state index in [0.717, 1.165) is 12.0 Å². The van der Waals surface area contributed by atoms with Gasteiger partial charge in [-0.1, -0.05) is 42.5 Å². The Bertz CT molecular complexity index is 804. The van der Waals surface area contributed by atoms with Crippen LogP contribution in [0.3, 0.4) is 0 Å². The number of rotatable bonds is 6. The van der Waals surface area contributed by atoms with Crippen molar-refractivity contribution >= 4 is 23.5 Å². The Morgan fingerprint density at radius 1 is 1.04 bits per heavy atom. The summed E-state index contributed by atoms with van der Waals surface area (Å²) in [7, 11) is 0. The van der Waals surface area contributed by atoms with Crippen LogP contribution in [0.15, 0.2) is 54.6 Å². The van der Waals surface area contributed by atoms with Gasteiger partial charge in [-0.3, -0.25) is 9.59 Å². The molecule has 0 aliphatic carbocycles. The van der Waals surface area contributed by atoms with E-state index in [1.54, 1.807) is 29.2 Å². The van der Waals surface area contributed by atoms with Crippen LogP contribution in [0.2, 0.25) is 0 Å². The monoisotopic (exact) mass is 352 g/mol. The summed E-state index contributed by atoms with van der Waals surface area (Å²) in [5.74, 6) is -1.00. The maximum atomic E-state index is 12.4. The minimum atomic E-state index is -0.616. The van der Waals surface area contributed by atoms with E-state index < -0.39 is 5.97 Å². The number of amides is 2. The Morgan fingerprint density at radius 3 is 2.50 bits per heavy atom. The van der Waals surface area contributed by atoms with Crippen molar-refractivity contribution in [3.8, 4) is 0 Å². The van der Waals surface area contributed by atoms with Crippen molar-refractivity contribution in [1.82, 2.24) is 5.32 Å². The van der Waals surface area contributed by atoms with Crippen LogP contribution in [-0.4, -0.2) is 30.9 Å². The minimum absolute atomic E-state index is 0.00847.